The van der Waals surface area contributed by atoms with E-state index in [1.54, 1.807) is 23.9 Å². The van der Waals surface area contributed by atoms with Crippen molar-refractivity contribution in [2.75, 3.05) is 46.8 Å². The molecule has 0 spiro atoms. The largest absolute Gasteiger partial charge is 0.344 e. The SMILES string of the molecule is CCN(CC)C(=O)CN(C)CC(=O)N(C)CCC#N. The lowest BCUT2D eigenvalue weighted by atomic mass is 10.3. The van der Waals surface area contributed by atoms with Crippen molar-refractivity contribution in [3.8, 4) is 6.07 Å². The van der Waals surface area contributed by atoms with Gasteiger partial charge in [-0.3, -0.25) is 14.5 Å². The number of hydrogen-bond acceptors (Lipinski definition) is 4. The fourth-order valence-corrected chi connectivity index (χ4v) is 1.66. The highest BCUT2D eigenvalue weighted by molar-refractivity contribution is 5.81. The van der Waals surface area contributed by atoms with Crippen LogP contribution in [0, 0.1) is 11.3 Å². The van der Waals surface area contributed by atoms with Gasteiger partial charge in [0.15, 0.2) is 0 Å². The van der Waals surface area contributed by atoms with E-state index in [1.165, 1.54) is 4.90 Å². The van der Waals surface area contributed by atoms with Gasteiger partial charge < -0.3 is 9.80 Å². The average molecular weight is 268 g/mol. The Morgan fingerprint density at radius 2 is 1.58 bits per heavy atom. The topological polar surface area (TPSA) is 67.7 Å². The monoisotopic (exact) mass is 268 g/mol. The molecule has 0 aliphatic rings. The van der Waals surface area contributed by atoms with Crippen molar-refractivity contribution in [3.05, 3.63) is 0 Å². The zero-order valence-electron chi connectivity index (χ0n) is 12.3. The van der Waals surface area contributed by atoms with E-state index in [0.717, 1.165) is 0 Å². The number of likely N-dealkylation sites (N-methyl/N-ethyl adjacent to an activating group) is 3. The lowest BCUT2D eigenvalue weighted by molar-refractivity contribution is -0.134. The van der Waals surface area contributed by atoms with Crippen molar-refractivity contribution >= 4 is 11.8 Å². The van der Waals surface area contributed by atoms with Crippen molar-refractivity contribution in [1.29, 1.82) is 5.26 Å². The predicted octanol–water partition coefficient (Wildman–Crippen LogP) is 0.159. The number of hydrogen-bond donors (Lipinski definition) is 0. The second-order valence-corrected chi connectivity index (χ2v) is 4.46. The van der Waals surface area contributed by atoms with Crippen LogP contribution in [-0.4, -0.2) is 73.3 Å². The number of nitrogens with zero attached hydrogens (tertiary/aromatic N) is 4. The summed E-state index contributed by atoms with van der Waals surface area (Å²) in [7, 11) is 3.41. The summed E-state index contributed by atoms with van der Waals surface area (Å²) in [6, 6.07) is 2.00. The highest BCUT2D eigenvalue weighted by Crippen LogP contribution is 1.95. The third-order valence-corrected chi connectivity index (χ3v) is 2.91. The number of carbonyl (C=O) groups excluding carboxylic acids is 2. The van der Waals surface area contributed by atoms with E-state index >= 15 is 0 Å². The quantitative estimate of drug-likeness (QED) is 0.629. The van der Waals surface area contributed by atoms with Gasteiger partial charge in [-0.05, 0) is 20.9 Å². The fourth-order valence-electron chi connectivity index (χ4n) is 1.66. The first-order valence-corrected chi connectivity index (χ1v) is 6.53. The van der Waals surface area contributed by atoms with Crippen molar-refractivity contribution in [2.45, 2.75) is 20.3 Å². The fraction of sp³-hybridized carbons (Fsp3) is 0.769. The van der Waals surface area contributed by atoms with Crippen LogP contribution in [0.3, 0.4) is 0 Å². The zero-order valence-corrected chi connectivity index (χ0v) is 12.3. The molecule has 0 fully saturated rings. The van der Waals surface area contributed by atoms with Crippen LogP contribution in [0.5, 0.6) is 0 Å². The van der Waals surface area contributed by atoms with E-state index in [2.05, 4.69) is 0 Å². The normalized spacial score (nSPS) is 10.1. The summed E-state index contributed by atoms with van der Waals surface area (Å²) < 4.78 is 0. The summed E-state index contributed by atoms with van der Waals surface area (Å²) in [5, 5.41) is 8.46. The Bertz CT molecular complexity index is 334. The molecule has 6 heteroatoms. The molecule has 0 saturated heterocycles. The molecule has 0 atom stereocenters. The molecule has 0 heterocycles. The first kappa shape index (κ1) is 17.4. The third kappa shape index (κ3) is 6.77. The molecule has 0 aromatic carbocycles. The van der Waals surface area contributed by atoms with E-state index in [1.807, 2.05) is 19.9 Å². The molecule has 0 aromatic heterocycles. The van der Waals surface area contributed by atoms with Crippen molar-refractivity contribution < 1.29 is 9.59 Å². The molecule has 0 aliphatic heterocycles. The molecule has 108 valence electrons. The van der Waals surface area contributed by atoms with Crippen molar-refractivity contribution in [2.24, 2.45) is 0 Å². The van der Waals surface area contributed by atoms with Gasteiger partial charge in [0, 0.05) is 26.7 Å². The maximum absolute atomic E-state index is 11.9. The van der Waals surface area contributed by atoms with Gasteiger partial charge in [0.2, 0.25) is 11.8 Å². The number of rotatable bonds is 8. The second-order valence-electron chi connectivity index (χ2n) is 4.46. The average Bonchev–Trinajstić information content (AvgIpc) is 2.36. The van der Waals surface area contributed by atoms with Gasteiger partial charge in [-0.1, -0.05) is 0 Å². The molecule has 0 radical (unpaired) electrons. The Labute approximate surface area is 115 Å². The minimum atomic E-state index is -0.0786. The standard InChI is InChI=1S/C13H24N4O2/c1-5-17(6-2)13(19)11-15(3)10-12(18)16(4)9-7-8-14/h5-7,9-11H2,1-4H3. The molecule has 0 aliphatic carbocycles. The Morgan fingerprint density at radius 1 is 1.05 bits per heavy atom. The lowest BCUT2D eigenvalue weighted by Crippen LogP contribution is -2.43. The molecule has 0 aromatic rings. The molecule has 0 bridgehead atoms. The molecule has 0 rings (SSSR count). The molecule has 0 saturated carbocycles. The number of carbonyl (C=O) groups is 2. The van der Waals surface area contributed by atoms with Crippen LogP contribution >= 0.6 is 0 Å². The molecule has 19 heavy (non-hydrogen) atoms. The Hall–Kier alpha value is -1.61. The van der Waals surface area contributed by atoms with E-state index in [0.29, 0.717) is 26.1 Å². The highest BCUT2D eigenvalue weighted by atomic mass is 16.2. The zero-order chi connectivity index (χ0) is 14.8. The Balaban J connectivity index is 4.16. The van der Waals surface area contributed by atoms with Gasteiger partial charge in [-0.2, -0.15) is 5.26 Å². The van der Waals surface area contributed by atoms with Crippen LogP contribution < -0.4 is 0 Å². The minimum absolute atomic E-state index is 0.0278. The van der Waals surface area contributed by atoms with Gasteiger partial charge in [-0.25, -0.2) is 0 Å². The summed E-state index contributed by atoms with van der Waals surface area (Å²) in [5.74, 6) is -0.0509. The predicted molar refractivity (Wildman–Crippen MR) is 73.3 cm³/mol. The molecule has 2 amide bonds. The molecule has 0 N–H and O–H groups in total. The first-order valence-electron chi connectivity index (χ1n) is 6.53. The second kappa shape index (κ2) is 9.34. The summed E-state index contributed by atoms with van der Waals surface area (Å²) >= 11 is 0. The summed E-state index contributed by atoms with van der Waals surface area (Å²) in [6.45, 7) is 6.07. The molecular formula is C13H24N4O2. The number of nitriles is 1. The van der Waals surface area contributed by atoms with Gasteiger partial charge in [0.05, 0.1) is 25.6 Å². The summed E-state index contributed by atoms with van der Waals surface area (Å²) in [6.07, 6.45) is 0.324. The molecule has 0 unspecified atom stereocenters. The van der Waals surface area contributed by atoms with Crippen molar-refractivity contribution in [1.82, 2.24) is 14.7 Å². The first-order chi connectivity index (χ1) is 8.96. The summed E-state index contributed by atoms with van der Waals surface area (Å²) in [5.41, 5.74) is 0. The highest BCUT2D eigenvalue weighted by Gasteiger charge is 2.16. The maximum atomic E-state index is 11.9. The Morgan fingerprint density at radius 3 is 2.05 bits per heavy atom. The van der Waals surface area contributed by atoms with E-state index in [-0.39, 0.29) is 24.9 Å². The third-order valence-electron chi connectivity index (χ3n) is 2.91. The van der Waals surface area contributed by atoms with Crippen LogP contribution in [-0.2, 0) is 9.59 Å². The van der Waals surface area contributed by atoms with Gasteiger partial charge in [-0.15, -0.1) is 0 Å². The lowest BCUT2D eigenvalue weighted by Gasteiger charge is -2.24. The van der Waals surface area contributed by atoms with Crippen LogP contribution in [0.15, 0.2) is 0 Å². The van der Waals surface area contributed by atoms with E-state index in [4.69, 9.17) is 5.26 Å². The Kier molecular flexibility index (Phi) is 8.55. The van der Waals surface area contributed by atoms with Crippen LogP contribution in [0.2, 0.25) is 0 Å². The minimum Gasteiger partial charge on any atom is -0.344 e. The maximum Gasteiger partial charge on any atom is 0.236 e. The molecular weight excluding hydrogens is 244 g/mol. The van der Waals surface area contributed by atoms with Crippen LogP contribution in [0.25, 0.3) is 0 Å². The van der Waals surface area contributed by atoms with Gasteiger partial charge in [0.25, 0.3) is 0 Å². The van der Waals surface area contributed by atoms with Gasteiger partial charge >= 0.3 is 0 Å². The van der Waals surface area contributed by atoms with E-state index in [9.17, 15) is 9.59 Å². The van der Waals surface area contributed by atoms with Gasteiger partial charge in [0.1, 0.15) is 0 Å². The smallest absolute Gasteiger partial charge is 0.236 e. The number of amides is 2. The van der Waals surface area contributed by atoms with Crippen LogP contribution in [0.1, 0.15) is 20.3 Å². The molecule has 6 nitrogen and oxygen atoms in total. The summed E-state index contributed by atoms with van der Waals surface area (Å²) in [4.78, 5) is 28.6. The van der Waals surface area contributed by atoms with Crippen molar-refractivity contribution in [3.63, 3.8) is 0 Å². The van der Waals surface area contributed by atoms with Crippen LogP contribution in [0.4, 0.5) is 0 Å². The van der Waals surface area contributed by atoms with E-state index < -0.39 is 0 Å².